The molecule has 0 aliphatic carbocycles. The number of hydrogen-bond acceptors (Lipinski definition) is 4. The molecule has 2 rings (SSSR count). The van der Waals surface area contributed by atoms with Crippen molar-refractivity contribution in [2.24, 2.45) is 0 Å². The topological polar surface area (TPSA) is 82.0 Å². The molecule has 0 amide bonds. The van der Waals surface area contributed by atoms with E-state index in [4.69, 9.17) is 5.73 Å². The molecule has 1 aromatic heterocycles. The van der Waals surface area contributed by atoms with E-state index in [9.17, 15) is 14.5 Å². The van der Waals surface area contributed by atoms with E-state index in [0.29, 0.717) is 11.1 Å². The van der Waals surface area contributed by atoms with Crippen LogP contribution in [0.2, 0.25) is 0 Å². The van der Waals surface area contributed by atoms with Crippen LogP contribution in [0.25, 0.3) is 11.1 Å². The zero-order valence-electron chi connectivity index (χ0n) is 8.63. The molecule has 0 spiro atoms. The van der Waals surface area contributed by atoms with Crippen molar-refractivity contribution in [1.29, 1.82) is 0 Å². The van der Waals surface area contributed by atoms with Crippen LogP contribution in [0.15, 0.2) is 36.5 Å². The fraction of sp³-hybridized carbons (Fsp3) is 0. The highest BCUT2D eigenvalue weighted by molar-refractivity contribution is 5.68. The third-order valence-electron chi connectivity index (χ3n) is 2.27. The first kappa shape index (κ1) is 11.0. The molecule has 0 saturated heterocycles. The Labute approximate surface area is 95.9 Å². The summed E-state index contributed by atoms with van der Waals surface area (Å²) in [5, 5.41) is 10.7. The summed E-state index contributed by atoms with van der Waals surface area (Å²) < 4.78 is 12.7. The quantitative estimate of drug-likeness (QED) is 0.637. The lowest BCUT2D eigenvalue weighted by molar-refractivity contribution is -0.384. The zero-order valence-corrected chi connectivity index (χ0v) is 8.63. The summed E-state index contributed by atoms with van der Waals surface area (Å²) in [7, 11) is 0. The van der Waals surface area contributed by atoms with Crippen LogP contribution in [-0.2, 0) is 0 Å². The fourth-order valence-corrected chi connectivity index (χ4v) is 1.41. The van der Waals surface area contributed by atoms with Crippen molar-refractivity contribution < 1.29 is 9.31 Å². The van der Waals surface area contributed by atoms with Crippen molar-refractivity contribution in [1.82, 2.24) is 4.98 Å². The Morgan fingerprint density at radius 2 is 1.88 bits per heavy atom. The summed E-state index contributed by atoms with van der Waals surface area (Å²) in [6.07, 6.45) is 1.41. The molecule has 0 fully saturated rings. The molecule has 0 unspecified atom stereocenters. The second kappa shape index (κ2) is 4.17. The summed E-state index contributed by atoms with van der Waals surface area (Å²) in [6, 6.07) is 6.91. The number of rotatable bonds is 2. The highest BCUT2D eigenvalue weighted by atomic mass is 19.1. The lowest BCUT2D eigenvalue weighted by Gasteiger charge is -2.02. The van der Waals surface area contributed by atoms with E-state index >= 15 is 0 Å². The maximum Gasteiger partial charge on any atom is 0.311 e. The molecule has 5 nitrogen and oxygen atoms in total. The Morgan fingerprint density at radius 3 is 2.47 bits per heavy atom. The van der Waals surface area contributed by atoms with Crippen LogP contribution in [0.4, 0.5) is 15.9 Å². The molecule has 0 aliphatic rings. The van der Waals surface area contributed by atoms with Crippen molar-refractivity contribution in [2.75, 3.05) is 5.73 Å². The van der Waals surface area contributed by atoms with Crippen molar-refractivity contribution in [3.8, 4) is 11.1 Å². The van der Waals surface area contributed by atoms with Gasteiger partial charge in [0, 0.05) is 17.8 Å². The minimum Gasteiger partial charge on any atom is -0.378 e. The van der Waals surface area contributed by atoms with Gasteiger partial charge in [0.05, 0.1) is 4.92 Å². The highest BCUT2D eigenvalue weighted by Gasteiger charge is 2.14. The van der Waals surface area contributed by atoms with E-state index in [1.807, 2.05) is 0 Å². The standard InChI is InChI=1S/C11H8FN3O2/c12-9-3-1-7(2-4-9)8-5-10(15(16)17)11(13)14-6-8/h1-6H,(H2,13,14). The highest BCUT2D eigenvalue weighted by Crippen LogP contribution is 2.26. The number of benzene rings is 1. The third kappa shape index (κ3) is 2.20. The average Bonchev–Trinajstić information content (AvgIpc) is 2.30. The molecular weight excluding hydrogens is 225 g/mol. The number of aromatic nitrogens is 1. The smallest absolute Gasteiger partial charge is 0.311 e. The number of anilines is 1. The molecule has 1 aromatic carbocycles. The van der Waals surface area contributed by atoms with Gasteiger partial charge in [0.25, 0.3) is 0 Å². The number of halogens is 1. The molecule has 2 aromatic rings. The molecule has 86 valence electrons. The van der Waals surface area contributed by atoms with Gasteiger partial charge >= 0.3 is 5.69 Å². The van der Waals surface area contributed by atoms with E-state index < -0.39 is 4.92 Å². The Morgan fingerprint density at radius 1 is 1.24 bits per heavy atom. The average molecular weight is 233 g/mol. The van der Waals surface area contributed by atoms with Crippen molar-refractivity contribution >= 4 is 11.5 Å². The van der Waals surface area contributed by atoms with Crippen LogP contribution >= 0.6 is 0 Å². The SMILES string of the molecule is Nc1ncc(-c2ccc(F)cc2)cc1[N+](=O)[O-]. The Balaban J connectivity index is 2.50. The molecule has 0 radical (unpaired) electrons. The Bertz CT molecular complexity index is 569. The van der Waals surface area contributed by atoms with Crippen molar-refractivity contribution in [3.05, 3.63) is 52.5 Å². The van der Waals surface area contributed by atoms with Crippen LogP contribution < -0.4 is 5.73 Å². The summed E-state index contributed by atoms with van der Waals surface area (Å²) in [5.74, 6) is -0.507. The molecule has 0 bridgehead atoms. The Kier molecular flexibility index (Phi) is 2.70. The van der Waals surface area contributed by atoms with Crippen LogP contribution in [0.1, 0.15) is 0 Å². The van der Waals surface area contributed by atoms with Gasteiger partial charge in [-0.05, 0) is 17.7 Å². The van der Waals surface area contributed by atoms with Crippen LogP contribution in [0.5, 0.6) is 0 Å². The van der Waals surface area contributed by atoms with Gasteiger partial charge in [-0.2, -0.15) is 0 Å². The lowest BCUT2D eigenvalue weighted by atomic mass is 10.1. The first-order valence-corrected chi connectivity index (χ1v) is 4.74. The van der Waals surface area contributed by atoms with E-state index in [0.717, 1.165) is 0 Å². The second-order valence-electron chi connectivity index (χ2n) is 3.39. The van der Waals surface area contributed by atoms with Gasteiger partial charge in [-0.25, -0.2) is 9.37 Å². The lowest BCUT2D eigenvalue weighted by Crippen LogP contribution is -1.98. The fourth-order valence-electron chi connectivity index (χ4n) is 1.41. The molecule has 1 heterocycles. The molecule has 0 atom stereocenters. The maximum atomic E-state index is 12.7. The predicted molar refractivity (Wildman–Crippen MR) is 60.7 cm³/mol. The van der Waals surface area contributed by atoms with E-state index in [1.54, 1.807) is 0 Å². The van der Waals surface area contributed by atoms with Gasteiger partial charge < -0.3 is 5.73 Å². The first-order valence-electron chi connectivity index (χ1n) is 4.74. The molecule has 2 N–H and O–H groups in total. The number of nitrogens with two attached hydrogens (primary N) is 1. The second-order valence-corrected chi connectivity index (χ2v) is 3.39. The van der Waals surface area contributed by atoms with Crippen LogP contribution in [-0.4, -0.2) is 9.91 Å². The van der Waals surface area contributed by atoms with Gasteiger partial charge in [-0.1, -0.05) is 12.1 Å². The van der Waals surface area contributed by atoms with E-state index in [1.165, 1.54) is 36.5 Å². The monoisotopic (exact) mass is 233 g/mol. The van der Waals surface area contributed by atoms with Crippen LogP contribution in [0, 0.1) is 15.9 Å². The normalized spacial score (nSPS) is 10.2. The summed E-state index contributed by atoms with van der Waals surface area (Å²) in [5.41, 5.74) is 6.28. The van der Waals surface area contributed by atoms with Crippen LogP contribution in [0.3, 0.4) is 0 Å². The molecule has 0 saturated carbocycles. The first-order chi connectivity index (χ1) is 8.08. The number of pyridine rings is 1. The van der Waals surface area contributed by atoms with Crippen molar-refractivity contribution in [3.63, 3.8) is 0 Å². The van der Waals surface area contributed by atoms with Crippen molar-refractivity contribution in [2.45, 2.75) is 0 Å². The van der Waals surface area contributed by atoms with Gasteiger partial charge in [-0.3, -0.25) is 10.1 Å². The number of nitrogen functional groups attached to an aromatic ring is 1. The molecule has 6 heteroatoms. The Hall–Kier alpha value is -2.50. The summed E-state index contributed by atoms with van der Waals surface area (Å²) in [4.78, 5) is 13.8. The van der Waals surface area contributed by atoms with Gasteiger partial charge in [-0.15, -0.1) is 0 Å². The minimum absolute atomic E-state index is 0.138. The van der Waals surface area contributed by atoms with E-state index in [2.05, 4.69) is 4.98 Å². The maximum absolute atomic E-state index is 12.7. The zero-order chi connectivity index (χ0) is 12.4. The largest absolute Gasteiger partial charge is 0.378 e. The minimum atomic E-state index is -0.602. The van der Waals surface area contributed by atoms with Gasteiger partial charge in [0.1, 0.15) is 5.82 Å². The predicted octanol–water partition coefficient (Wildman–Crippen LogP) is 2.38. The number of hydrogen-bond donors (Lipinski definition) is 1. The summed E-state index contributed by atoms with van der Waals surface area (Å²) >= 11 is 0. The third-order valence-corrected chi connectivity index (χ3v) is 2.27. The number of nitro groups is 1. The summed E-state index contributed by atoms with van der Waals surface area (Å²) in [6.45, 7) is 0. The molecule has 0 aliphatic heterocycles. The van der Waals surface area contributed by atoms with E-state index in [-0.39, 0.29) is 17.3 Å². The number of nitrogens with zero attached hydrogens (tertiary/aromatic N) is 2. The van der Waals surface area contributed by atoms with Gasteiger partial charge in [0.15, 0.2) is 0 Å². The molecule has 17 heavy (non-hydrogen) atoms. The van der Waals surface area contributed by atoms with Gasteiger partial charge in [0.2, 0.25) is 5.82 Å². The molecular formula is C11H8FN3O2.